The third-order valence-electron chi connectivity index (χ3n) is 2.08. The summed E-state index contributed by atoms with van der Waals surface area (Å²) in [6, 6.07) is 7.97. The third kappa shape index (κ3) is 5.59. The van der Waals surface area contributed by atoms with Gasteiger partial charge in [-0.15, -0.1) is 24.0 Å². The SMILES string of the molecule is Cc1ccccc1OCC(Cl)CN(C)C.Cl. The van der Waals surface area contributed by atoms with Gasteiger partial charge in [0.25, 0.3) is 0 Å². The molecule has 0 aliphatic rings. The van der Waals surface area contributed by atoms with Gasteiger partial charge in [0.1, 0.15) is 12.4 Å². The Balaban J connectivity index is 0.00000225. The average Bonchev–Trinajstić information content (AvgIpc) is 2.15. The fraction of sp³-hybridized carbons (Fsp3) is 0.500. The van der Waals surface area contributed by atoms with Gasteiger partial charge < -0.3 is 9.64 Å². The molecule has 0 saturated heterocycles. The van der Waals surface area contributed by atoms with E-state index in [1.807, 2.05) is 45.3 Å². The van der Waals surface area contributed by atoms with Gasteiger partial charge in [-0.1, -0.05) is 18.2 Å². The van der Waals surface area contributed by atoms with Crippen LogP contribution in [0.15, 0.2) is 24.3 Å². The molecular formula is C12H19Cl2NO. The highest BCUT2D eigenvalue weighted by Crippen LogP contribution is 2.16. The standard InChI is InChI=1S/C12H18ClNO.ClH/c1-10-6-4-5-7-12(10)15-9-11(13)8-14(2)3;/h4-7,11H,8-9H2,1-3H3;1H. The van der Waals surface area contributed by atoms with Crippen molar-refractivity contribution in [2.75, 3.05) is 27.2 Å². The molecular weight excluding hydrogens is 245 g/mol. The number of aryl methyl sites for hydroxylation is 1. The molecule has 1 unspecified atom stereocenters. The van der Waals surface area contributed by atoms with Crippen LogP contribution in [0.5, 0.6) is 5.75 Å². The average molecular weight is 264 g/mol. The fourth-order valence-electron chi connectivity index (χ4n) is 1.35. The van der Waals surface area contributed by atoms with E-state index in [2.05, 4.69) is 4.90 Å². The van der Waals surface area contributed by atoms with E-state index in [0.29, 0.717) is 6.61 Å². The number of alkyl halides is 1. The maximum absolute atomic E-state index is 6.11. The molecule has 2 nitrogen and oxygen atoms in total. The Morgan fingerprint density at radius 2 is 1.94 bits per heavy atom. The van der Waals surface area contributed by atoms with Crippen LogP contribution < -0.4 is 4.74 Å². The van der Waals surface area contributed by atoms with Crippen LogP contribution in [0.3, 0.4) is 0 Å². The molecule has 0 fully saturated rings. The smallest absolute Gasteiger partial charge is 0.122 e. The number of para-hydroxylation sites is 1. The van der Waals surface area contributed by atoms with Gasteiger partial charge in [-0.25, -0.2) is 0 Å². The van der Waals surface area contributed by atoms with Gasteiger partial charge in [-0.05, 0) is 32.6 Å². The lowest BCUT2D eigenvalue weighted by Crippen LogP contribution is -2.26. The summed E-state index contributed by atoms with van der Waals surface area (Å²) >= 11 is 6.11. The van der Waals surface area contributed by atoms with E-state index in [-0.39, 0.29) is 17.8 Å². The Morgan fingerprint density at radius 3 is 2.50 bits per heavy atom. The second-order valence-electron chi connectivity index (χ2n) is 3.94. The van der Waals surface area contributed by atoms with E-state index >= 15 is 0 Å². The van der Waals surface area contributed by atoms with Crippen LogP contribution in [0.1, 0.15) is 5.56 Å². The first-order valence-electron chi connectivity index (χ1n) is 5.07. The van der Waals surface area contributed by atoms with Crippen LogP contribution in [0.25, 0.3) is 0 Å². The summed E-state index contributed by atoms with van der Waals surface area (Å²) in [5.41, 5.74) is 1.14. The molecule has 16 heavy (non-hydrogen) atoms. The van der Waals surface area contributed by atoms with Crippen molar-refractivity contribution in [3.63, 3.8) is 0 Å². The van der Waals surface area contributed by atoms with Gasteiger partial charge in [0.2, 0.25) is 0 Å². The number of hydrogen-bond donors (Lipinski definition) is 0. The molecule has 0 heterocycles. The quantitative estimate of drug-likeness (QED) is 0.758. The van der Waals surface area contributed by atoms with Crippen molar-refractivity contribution in [1.82, 2.24) is 4.90 Å². The van der Waals surface area contributed by atoms with Gasteiger partial charge in [-0.3, -0.25) is 0 Å². The molecule has 0 bridgehead atoms. The Morgan fingerprint density at radius 1 is 1.31 bits per heavy atom. The predicted octanol–water partition coefficient (Wildman–Crippen LogP) is 2.96. The van der Waals surface area contributed by atoms with Crippen molar-refractivity contribution in [1.29, 1.82) is 0 Å². The topological polar surface area (TPSA) is 12.5 Å². The molecule has 1 rings (SSSR count). The molecule has 0 saturated carbocycles. The van der Waals surface area contributed by atoms with E-state index in [4.69, 9.17) is 16.3 Å². The van der Waals surface area contributed by atoms with Crippen LogP contribution in [-0.4, -0.2) is 37.5 Å². The van der Waals surface area contributed by atoms with E-state index < -0.39 is 0 Å². The zero-order chi connectivity index (χ0) is 11.3. The van der Waals surface area contributed by atoms with Gasteiger partial charge in [-0.2, -0.15) is 0 Å². The molecule has 1 aromatic rings. The van der Waals surface area contributed by atoms with Crippen molar-refractivity contribution in [3.8, 4) is 5.75 Å². The lowest BCUT2D eigenvalue weighted by molar-refractivity contribution is 0.284. The first-order chi connectivity index (χ1) is 7.09. The first kappa shape index (κ1) is 15.6. The fourth-order valence-corrected chi connectivity index (χ4v) is 1.69. The Kier molecular flexibility index (Phi) is 7.56. The van der Waals surface area contributed by atoms with Gasteiger partial charge in [0.15, 0.2) is 0 Å². The molecule has 0 spiro atoms. The lowest BCUT2D eigenvalue weighted by Gasteiger charge is -2.16. The molecule has 1 aromatic carbocycles. The van der Waals surface area contributed by atoms with Crippen LogP contribution in [0.4, 0.5) is 0 Å². The number of halogens is 2. The highest BCUT2D eigenvalue weighted by Gasteiger charge is 2.07. The molecule has 0 radical (unpaired) electrons. The van der Waals surface area contributed by atoms with Crippen molar-refractivity contribution in [2.24, 2.45) is 0 Å². The highest BCUT2D eigenvalue weighted by atomic mass is 35.5. The largest absolute Gasteiger partial charge is 0.492 e. The summed E-state index contributed by atoms with van der Waals surface area (Å²) in [5, 5.41) is 0.0274. The lowest BCUT2D eigenvalue weighted by atomic mass is 10.2. The zero-order valence-electron chi connectivity index (χ0n) is 9.94. The molecule has 0 aliphatic carbocycles. The monoisotopic (exact) mass is 263 g/mol. The van der Waals surface area contributed by atoms with Gasteiger partial charge >= 0.3 is 0 Å². The zero-order valence-corrected chi connectivity index (χ0v) is 11.5. The number of rotatable bonds is 5. The van der Waals surface area contributed by atoms with Crippen molar-refractivity contribution >= 4 is 24.0 Å². The molecule has 1 atom stereocenters. The first-order valence-corrected chi connectivity index (χ1v) is 5.50. The third-order valence-corrected chi connectivity index (χ3v) is 2.34. The van der Waals surface area contributed by atoms with Crippen LogP contribution in [0, 0.1) is 6.92 Å². The van der Waals surface area contributed by atoms with E-state index in [9.17, 15) is 0 Å². The Hall–Kier alpha value is -0.440. The molecule has 0 aromatic heterocycles. The minimum absolute atomic E-state index is 0. The summed E-state index contributed by atoms with van der Waals surface area (Å²) in [7, 11) is 4.01. The predicted molar refractivity (Wildman–Crippen MR) is 72.1 cm³/mol. The normalized spacial score (nSPS) is 12.1. The number of benzene rings is 1. The van der Waals surface area contributed by atoms with E-state index in [0.717, 1.165) is 17.9 Å². The Bertz CT molecular complexity index is 305. The summed E-state index contributed by atoms with van der Waals surface area (Å²) in [6.45, 7) is 3.41. The van der Waals surface area contributed by atoms with E-state index in [1.165, 1.54) is 0 Å². The highest BCUT2D eigenvalue weighted by molar-refractivity contribution is 6.20. The van der Waals surface area contributed by atoms with Crippen molar-refractivity contribution in [3.05, 3.63) is 29.8 Å². The summed E-state index contributed by atoms with van der Waals surface area (Å²) in [6.07, 6.45) is 0. The van der Waals surface area contributed by atoms with Crippen LogP contribution >= 0.6 is 24.0 Å². The van der Waals surface area contributed by atoms with E-state index in [1.54, 1.807) is 0 Å². The summed E-state index contributed by atoms with van der Waals surface area (Å²) in [5.74, 6) is 0.918. The minimum Gasteiger partial charge on any atom is -0.492 e. The number of hydrogen-bond acceptors (Lipinski definition) is 2. The maximum Gasteiger partial charge on any atom is 0.122 e. The van der Waals surface area contributed by atoms with Gasteiger partial charge in [0, 0.05) is 6.54 Å². The number of ether oxygens (including phenoxy) is 1. The maximum atomic E-state index is 6.11. The van der Waals surface area contributed by atoms with Crippen LogP contribution in [-0.2, 0) is 0 Å². The second-order valence-corrected chi connectivity index (χ2v) is 4.55. The molecule has 92 valence electrons. The minimum atomic E-state index is 0. The van der Waals surface area contributed by atoms with Crippen LogP contribution in [0.2, 0.25) is 0 Å². The van der Waals surface area contributed by atoms with Crippen molar-refractivity contribution < 1.29 is 4.74 Å². The summed E-state index contributed by atoms with van der Waals surface area (Å²) < 4.78 is 5.64. The van der Waals surface area contributed by atoms with Gasteiger partial charge in [0.05, 0.1) is 5.38 Å². The number of nitrogens with zero attached hydrogens (tertiary/aromatic N) is 1. The summed E-state index contributed by atoms with van der Waals surface area (Å²) in [4.78, 5) is 2.05. The van der Waals surface area contributed by atoms with Crippen molar-refractivity contribution in [2.45, 2.75) is 12.3 Å². The molecule has 0 N–H and O–H groups in total. The molecule has 0 amide bonds. The second kappa shape index (κ2) is 7.77. The molecule has 0 aliphatic heterocycles. The molecule has 4 heteroatoms. The Labute approximate surface area is 109 Å².